The lowest BCUT2D eigenvalue weighted by atomic mass is 9.92. The summed E-state index contributed by atoms with van der Waals surface area (Å²) in [7, 11) is 0. The lowest BCUT2D eigenvalue weighted by Crippen LogP contribution is -2.09. The van der Waals surface area contributed by atoms with Crippen LogP contribution >= 0.6 is 0 Å². The predicted octanol–water partition coefficient (Wildman–Crippen LogP) is 5.90. The molecule has 2 rings (SSSR count). The molecule has 1 aromatic rings. The molecule has 0 unspecified atom stereocenters. The maximum atomic E-state index is 14.3. The third kappa shape index (κ3) is 2.87. The summed E-state index contributed by atoms with van der Waals surface area (Å²) in [4.78, 5) is 0. The van der Waals surface area contributed by atoms with Crippen molar-refractivity contribution in [1.29, 1.82) is 0 Å². The van der Waals surface area contributed by atoms with Gasteiger partial charge in [-0.25, -0.2) is 17.6 Å². The Kier molecular flexibility index (Phi) is 4.32. The van der Waals surface area contributed by atoms with E-state index in [1.54, 1.807) is 12.2 Å². The van der Waals surface area contributed by atoms with Crippen molar-refractivity contribution in [2.45, 2.75) is 33.6 Å². The Morgan fingerprint density at radius 2 is 1.41 bits per heavy atom. The Labute approximate surface area is 127 Å². The molecular weight excluding hydrogens is 292 g/mol. The average Bonchev–Trinajstić information content (AvgIpc) is 2.58. The largest absolute Gasteiger partial charge is 0.203 e. The Hall–Kier alpha value is -1.84. The van der Waals surface area contributed by atoms with E-state index in [4.69, 9.17) is 0 Å². The summed E-state index contributed by atoms with van der Waals surface area (Å²) in [5.74, 6) is -6.02. The van der Waals surface area contributed by atoms with Crippen LogP contribution in [0.25, 0.3) is 5.57 Å². The van der Waals surface area contributed by atoms with E-state index in [0.717, 1.165) is 0 Å². The molecular formula is C18H18F4. The van der Waals surface area contributed by atoms with Gasteiger partial charge in [-0.05, 0) is 11.5 Å². The van der Waals surface area contributed by atoms with Crippen LogP contribution < -0.4 is 0 Å². The molecule has 1 aliphatic carbocycles. The number of hydrogen-bond donors (Lipinski definition) is 0. The van der Waals surface area contributed by atoms with Gasteiger partial charge in [0.05, 0.1) is 5.56 Å². The standard InChI is InChI=1S/C18H18F4/c1-10(2)12-14(19)16(21)13(17(22)15(12)20)11-6-5-8-18(3,4)9-7-11/h5-10H,1-4H3. The molecule has 0 saturated carbocycles. The maximum Gasteiger partial charge on any atom is 0.170 e. The van der Waals surface area contributed by atoms with Crippen LogP contribution in [-0.4, -0.2) is 0 Å². The number of hydrogen-bond acceptors (Lipinski definition) is 0. The summed E-state index contributed by atoms with van der Waals surface area (Å²) in [5, 5.41) is 0. The van der Waals surface area contributed by atoms with Gasteiger partial charge < -0.3 is 0 Å². The molecule has 0 saturated heterocycles. The van der Waals surface area contributed by atoms with Crippen molar-refractivity contribution in [3.63, 3.8) is 0 Å². The molecule has 0 aliphatic heterocycles. The fraction of sp³-hybridized carbons (Fsp3) is 0.333. The molecule has 0 bridgehead atoms. The Balaban J connectivity index is 2.69. The fourth-order valence-electron chi connectivity index (χ4n) is 2.39. The summed E-state index contributed by atoms with van der Waals surface area (Å²) < 4.78 is 56.8. The van der Waals surface area contributed by atoms with Gasteiger partial charge >= 0.3 is 0 Å². The van der Waals surface area contributed by atoms with Crippen molar-refractivity contribution >= 4 is 5.57 Å². The van der Waals surface area contributed by atoms with Crippen molar-refractivity contribution in [2.75, 3.05) is 0 Å². The lowest BCUT2D eigenvalue weighted by molar-refractivity contribution is 0.429. The van der Waals surface area contributed by atoms with Gasteiger partial charge in [-0.3, -0.25) is 0 Å². The van der Waals surface area contributed by atoms with E-state index in [0.29, 0.717) is 0 Å². The molecule has 1 aliphatic rings. The van der Waals surface area contributed by atoms with E-state index in [1.807, 2.05) is 19.9 Å². The third-order valence-corrected chi connectivity index (χ3v) is 3.66. The minimum atomic E-state index is -1.35. The minimum Gasteiger partial charge on any atom is -0.203 e. The smallest absolute Gasteiger partial charge is 0.170 e. The van der Waals surface area contributed by atoms with Crippen molar-refractivity contribution < 1.29 is 17.6 Å². The first-order valence-electron chi connectivity index (χ1n) is 7.10. The summed E-state index contributed by atoms with van der Waals surface area (Å²) in [6.07, 6.45) is 8.12. The highest BCUT2D eigenvalue weighted by molar-refractivity contribution is 5.77. The van der Waals surface area contributed by atoms with Crippen LogP contribution in [-0.2, 0) is 0 Å². The number of benzene rings is 1. The molecule has 0 amide bonds. The van der Waals surface area contributed by atoms with Crippen molar-refractivity contribution in [1.82, 2.24) is 0 Å². The van der Waals surface area contributed by atoms with Gasteiger partial charge in [0.2, 0.25) is 0 Å². The van der Waals surface area contributed by atoms with E-state index in [2.05, 4.69) is 0 Å². The maximum absolute atomic E-state index is 14.3. The van der Waals surface area contributed by atoms with Gasteiger partial charge in [0.1, 0.15) is 0 Å². The molecule has 22 heavy (non-hydrogen) atoms. The highest BCUT2D eigenvalue weighted by Gasteiger charge is 2.28. The zero-order valence-electron chi connectivity index (χ0n) is 13.0. The van der Waals surface area contributed by atoms with E-state index in [9.17, 15) is 17.6 Å². The topological polar surface area (TPSA) is 0 Å². The summed E-state index contributed by atoms with van der Waals surface area (Å²) in [6, 6.07) is 0. The molecule has 0 heterocycles. The fourth-order valence-corrected chi connectivity index (χ4v) is 2.39. The first-order chi connectivity index (χ1) is 10.2. The van der Waals surface area contributed by atoms with E-state index < -0.39 is 40.3 Å². The molecule has 4 heteroatoms. The van der Waals surface area contributed by atoms with Crippen molar-refractivity contribution in [2.24, 2.45) is 5.41 Å². The van der Waals surface area contributed by atoms with Gasteiger partial charge in [0.15, 0.2) is 23.3 Å². The molecule has 118 valence electrons. The van der Waals surface area contributed by atoms with Crippen molar-refractivity contribution in [3.8, 4) is 0 Å². The summed E-state index contributed by atoms with van der Waals surface area (Å²) in [5.41, 5.74) is -1.43. The lowest BCUT2D eigenvalue weighted by Gasteiger charge is -2.15. The number of allylic oxidation sites excluding steroid dienone is 6. The second-order valence-corrected chi connectivity index (χ2v) is 6.34. The highest BCUT2D eigenvalue weighted by atomic mass is 19.2. The van der Waals surface area contributed by atoms with Gasteiger partial charge in [0.25, 0.3) is 0 Å². The molecule has 1 aromatic carbocycles. The molecule has 0 fully saturated rings. The van der Waals surface area contributed by atoms with Crippen LogP contribution in [0.2, 0.25) is 0 Å². The normalized spacial score (nSPS) is 16.9. The molecule has 0 nitrogen and oxygen atoms in total. The molecule has 0 N–H and O–H groups in total. The summed E-state index contributed by atoms with van der Waals surface area (Å²) >= 11 is 0. The average molecular weight is 310 g/mol. The van der Waals surface area contributed by atoms with Gasteiger partial charge in [-0.1, -0.05) is 58.1 Å². The Morgan fingerprint density at radius 3 is 1.91 bits per heavy atom. The van der Waals surface area contributed by atoms with Gasteiger partial charge in [0, 0.05) is 11.0 Å². The Morgan fingerprint density at radius 1 is 0.864 bits per heavy atom. The quantitative estimate of drug-likeness (QED) is 0.471. The number of rotatable bonds is 2. The molecule has 0 radical (unpaired) electrons. The van der Waals surface area contributed by atoms with Crippen LogP contribution in [0.5, 0.6) is 0 Å². The van der Waals surface area contributed by atoms with E-state index in [-0.39, 0.29) is 11.0 Å². The van der Waals surface area contributed by atoms with Gasteiger partial charge in [-0.15, -0.1) is 0 Å². The van der Waals surface area contributed by atoms with Crippen LogP contribution in [0.15, 0.2) is 30.4 Å². The second-order valence-electron chi connectivity index (χ2n) is 6.34. The van der Waals surface area contributed by atoms with Crippen LogP contribution in [0.4, 0.5) is 17.6 Å². The zero-order valence-corrected chi connectivity index (χ0v) is 13.0. The second kappa shape index (κ2) is 5.75. The summed E-state index contributed by atoms with van der Waals surface area (Å²) in [6.45, 7) is 6.78. The number of halogens is 4. The van der Waals surface area contributed by atoms with Gasteiger partial charge in [-0.2, -0.15) is 0 Å². The monoisotopic (exact) mass is 310 g/mol. The zero-order chi connectivity index (χ0) is 16.7. The van der Waals surface area contributed by atoms with Crippen molar-refractivity contribution in [3.05, 3.63) is 64.8 Å². The Bertz CT molecular complexity index is 663. The van der Waals surface area contributed by atoms with Crippen LogP contribution in [0.3, 0.4) is 0 Å². The molecule has 0 spiro atoms. The van der Waals surface area contributed by atoms with E-state index >= 15 is 0 Å². The van der Waals surface area contributed by atoms with Crippen LogP contribution in [0.1, 0.15) is 44.7 Å². The third-order valence-electron chi connectivity index (χ3n) is 3.66. The SMILES string of the molecule is CC(C)c1c(F)c(F)c(C2=CC=CC(C)(C)C=C2)c(F)c1F. The highest BCUT2D eigenvalue weighted by Crippen LogP contribution is 2.35. The predicted molar refractivity (Wildman–Crippen MR) is 80.4 cm³/mol. The minimum absolute atomic E-state index is 0.102. The van der Waals surface area contributed by atoms with Crippen LogP contribution in [0, 0.1) is 28.7 Å². The first-order valence-corrected chi connectivity index (χ1v) is 7.10. The first kappa shape index (κ1) is 16.5. The van der Waals surface area contributed by atoms with E-state index in [1.165, 1.54) is 26.0 Å². The molecule has 0 aromatic heterocycles. The molecule has 0 atom stereocenters.